The van der Waals surface area contributed by atoms with Gasteiger partial charge in [0.05, 0.1) is 6.10 Å². The summed E-state index contributed by atoms with van der Waals surface area (Å²) < 4.78 is 10.1. The summed E-state index contributed by atoms with van der Waals surface area (Å²) >= 11 is 0. The fourth-order valence-corrected chi connectivity index (χ4v) is 0.737. The van der Waals surface area contributed by atoms with Crippen molar-refractivity contribution in [2.75, 3.05) is 13.9 Å². The fraction of sp³-hybridized carbons (Fsp3) is 0.556. The minimum atomic E-state index is 0.109. The molecule has 0 aromatic carbocycles. The van der Waals surface area contributed by atoms with Crippen molar-refractivity contribution in [3.63, 3.8) is 0 Å². The monoisotopic (exact) mass is 156 g/mol. The van der Waals surface area contributed by atoms with Crippen LogP contribution < -0.4 is 0 Å². The molecule has 0 aliphatic carbocycles. The van der Waals surface area contributed by atoms with E-state index in [2.05, 4.69) is 6.58 Å². The van der Waals surface area contributed by atoms with Crippen LogP contribution in [0.2, 0.25) is 0 Å². The highest BCUT2D eigenvalue weighted by molar-refractivity contribution is 4.90. The highest BCUT2D eigenvalue weighted by Crippen LogP contribution is 2.00. The Labute approximate surface area is 68.5 Å². The van der Waals surface area contributed by atoms with Gasteiger partial charge in [0.25, 0.3) is 0 Å². The molecule has 2 nitrogen and oxygen atoms in total. The zero-order valence-corrected chi connectivity index (χ0v) is 7.25. The molecule has 1 unspecified atom stereocenters. The SMILES string of the molecule is C=CCC(/C=C/C)OCOC. The summed E-state index contributed by atoms with van der Waals surface area (Å²) in [4.78, 5) is 0. The maximum atomic E-state index is 5.29. The van der Waals surface area contributed by atoms with Crippen LogP contribution in [0, 0.1) is 0 Å². The Hall–Kier alpha value is -0.600. The standard InChI is InChI=1S/C9H16O2/c1-4-6-9(7-5-2)11-8-10-3/h4-5,7,9H,1,6,8H2,2-3H3/b7-5+. The van der Waals surface area contributed by atoms with Crippen LogP contribution in [0.15, 0.2) is 24.8 Å². The lowest BCUT2D eigenvalue weighted by Crippen LogP contribution is -2.10. The largest absolute Gasteiger partial charge is 0.359 e. The van der Waals surface area contributed by atoms with Gasteiger partial charge in [-0.1, -0.05) is 18.2 Å². The van der Waals surface area contributed by atoms with Crippen LogP contribution in [0.1, 0.15) is 13.3 Å². The summed E-state index contributed by atoms with van der Waals surface area (Å²) in [6.45, 7) is 5.94. The van der Waals surface area contributed by atoms with Crippen molar-refractivity contribution in [2.45, 2.75) is 19.4 Å². The van der Waals surface area contributed by atoms with E-state index in [4.69, 9.17) is 9.47 Å². The smallest absolute Gasteiger partial charge is 0.147 e. The Bertz CT molecular complexity index is 119. The molecule has 0 fully saturated rings. The van der Waals surface area contributed by atoms with Crippen molar-refractivity contribution in [1.82, 2.24) is 0 Å². The number of ether oxygens (including phenoxy) is 2. The summed E-state index contributed by atoms with van der Waals surface area (Å²) in [5, 5.41) is 0. The fourth-order valence-electron chi connectivity index (χ4n) is 0.737. The van der Waals surface area contributed by atoms with E-state index in [0.717, 1.165) is 6.42 Å². The van der Waals surface area contributed by atoms with E-state index in [1.807, 2.05) is 25.2 Å². The van der Waals surface area contributed by atoms with Crippen molar-refractivity contribution in [3.8, 4) is 0 Å². The minimum Gasteiger partial charge on any atom is -0.359 e. The van der Waals surface area contributed by atoms with Gasteiger partial charge < -0.3 is 9.47 Å². The molecular formula is C9H16O2. The van der Waals surface area contributed by atoms with Gasteiger partial charge in [0.1, 0.15) is 6.79 Å². The number of methoxy groups -OCH3 is 1. The van der Waals surface area contributed by atoms with E-state index < -0.39 is 0 Å². The molecule has 0 spiro atoms. The van der Waals surface area contributed by atoms with Crippen molar-refractivity contribution in [2.24, 2.45) is 0 Å². The molecule has 0 amide bonds. The second-order valence-corrected chi connectivity index (χ2v) is 2.16. The van der Waals surface area contributed by atoms with Gasteiger partial charge in [0.15, 0.2) is 0 Å². The maximum absolute atomic E-state index is 5.29. The highest BCUT2D eigenvalue weighted by Gasteiger charge is 1.99. The zero-order valence-electron chi connectivity index (χ0n) is 7.25. The summed E-state index contributed by atoms with van der Waals surface area (Å²) in [7, 11) is 1.61. The van der Waals surface area contributed by atoms with Gasteiger partial charge in [-0.2, -0.15) is 0 Å². The van der Waals surface area contributed by atoms with E-state index in [0.29, 0.717) is 6.79 Å². The molecular weight excluding hydrogens is 140 g/mol. The average Bonchev–Trinajstić information content (AvgIpc) is 2.01. The van der Waals surface area contributed by atoms with E-state index >= 15 is 0 Å². The molecule has 0 saturated carbocycles. The molecule has 0 aliphatic rings. The number of rotatable bonds is 6. The topological polar surface area (TPSA) is 18.5 Å². The summed E-state index contributed by atoms with van der Waals surface area (Å²) in [5.41, 5.74) is 0. The molecule has 0 bridgehead atoms. The molecule has 1 atom stereocenters. The maximum Gasteiger partial charge on any atom is 0.147 e. The minimum absolute atomic E-state index is 0.109. The van der Waals surface area contributed by atoms with Crippen LogP contribution in [0.25, 0.3) is 0 Å². The second kappa shape index (κ2) is 7.51. The van der Waals surface area contributed by atoms with Gasteiger partial charge in [-0.25, -0.2) is 0 Å². The molecule has 0 N–H and O–H groups in total. The Morgan fingerprint density at radius 2 is 2.27 bits per heavy atom. The lowest BCUT2D eigenvalue weighted by molar-refractivity contribution is -0.0541. The van der Waals surface area contributed by atoms with Gasteiger partial charge >= 0.3 is 0 Å². The van der Waals surface area contributed by atoms with Crippen LogP contribution in [-0.2, 0) is 9.47 Å². The molecule has 0 aromatic rings. The Morgan fingerprint density at radius 3 is 2.73 bits per heavy atom. The van der Waals surface area contributed by atoms with Crippen molar-refractivity contribution >= 4 is 0 Å². The quantitative estimate of drug-likeness (QED) is 0.433. The number of allylic oxidation sites excluding steroid dienone is 1. The van der Waals surface area contributed by atoms with Crippen LogP contribution in [0.5, 0.6) is 0 Å². The van der Waals surface area contributed by atoms with Crippen molar-refractivity contribution in [3.05, 3.63) is 24.8 Å². The molecule has 0 aromatic heterocycles. The van der Waals surface area contributed by atoms with Crippen LogP contribution >= 0.6 is 0 Å². The van der Waals surface area contributed by atoms with Gasteiger partial charge in [-0.3, -0.25) is 0 Å². The van der Waals surface area contributed by atoms with Gasteiger partial charge in [0, 0.05) is 7.11 Å². The third kappa shape index (κ3) is 5.83. The first kappa shape index (κ1) is 10.4. The third-order valence-electron chi connectivity index (χ3n) is 1.21. The van der Waals surface area contributed by atoms with Gasteiger partial charge in [0.2, 0.25) is 0 Å². The first-order chi connectivity index (χ1) is 5.35. The molecule has 2 heteroatoms. The first-order valence-electron chi connectivity index (χ1n) is 3.69. The number of hydrogen-bond acceptors (Lipinski definition) is 2. The molecule has 64 valence electrons. The average molecular weight is 156 g/mol. The van der Waals surface area contributed by atoms with Crippen LogP contribution in [0.4, 0.5) is 0 Å². The molecule has 11 heavy (non-hydrogen) atoms. The lowest BCUT2D eigenvalue weighted by atomic mass is 10.2. The van der Waals surface area contributed by atoms with Crippen LogP contribution in [-0.4, -0.2) is 20.0 Å². The summed E-state index contributed by atoms with van der Waals surface area (Å²) in [5.74, 6) is 0. The van der Waals surface area contributed by atoms with E-state index in [9.17, 15) is 0 Å². The number of hydrogen-bond donors (Lipinski definition) is 0. The van der Waals surface area contributed by atoms with E-state index in [1.54, 1.807) is 7.11 Å². The zero-order chi connectivity index (χ0) is 8.53. The van der Waals surface area contributed by atoms with Crippen molar-refractivity contribution < 1.29 is 9.47 Å². The first-order valence-corrected chi connectivity index (χ1v) is 3.69. The molecule has 0 rings (SSSR count). The molecule has 0 aliphatic heterocycles. The molecule has 0 saturated heterocycles. The third-order valence-corrected chi connectivity index (χ3v) is 1.21. The normalized spacial score (nSPS) is 13.6. The van der Waals surface area contributed by atoms with Gasteiger partial charge in [-0.05, 0) is 13.3 Å². The van der Waals surface area contributed by atoms with E-state index in [1.165, 1.54) is 0 Å². The predicted molar refractivity (Wildman–Crippen MR) is 46.4 cm³/mol. The Kier molecular flexibility index (Phi) is 7.10. The molecule has 0 heterocycles. The lowest BCUT2D eigenvalue weighted by Gasteiger charge is -2.10. The Balaban J connectivity index is 3.59. The Morgan fingerprint density at radius 1 is 1.55 bits per heavy atom. The predicted octanol–water partition coefficient (Wildman–Crippen LogP) is 2.13. The van der Waals surface area contributed by atoms with Crippen LogP contribution in [0.3, 0.4) is 0 Å². The highest BCUT2D eigenvalue weighted by atomic mass is 16.7. The van der Waals surface area contributed by atoms with Crippen molar-refractivity contribution in [1.29, 1.82) is 0 Å². The second-order valence-electron chi connectivity index (χ2n) is 2.16. The summed E-state index contributed by atoms with van der Waals surface area (Å²) in [6.07, 6.45) is 6.72. The molecule has 0 radical (unpaired) electrons. The summed E-state index contributed by atoms with van der Waals surface area (Å²) in [6, 6.07) is 0. The van der Waals surface area contributed by atoms with Gasteiger partial charge in [-0.15, -0.1) is 6.58 Å². The van der Waals surface area contributed by atoms with E-state index in [-0.39, 0.29) is 6.10 Å².